The molecule has 0 saturated carbocycles. The van der Waals surface area contributed by atoms with Crippen molar-refractivity contribution in [3.63, 3.8) is 0 Å². The van der Waals surface area contributed by atoms with Crippen molar-refractivity contribution in [2.45, 2.75) is 19.5 Å². The highest BCUT2D eigenvalue weighted by Crippen LogP contribution is 2.13. The third kappa shape index (κ3) is 4.57. The summed E-state index contributed by atoms with van der Waals surface area (Å²) in [5.41, 5.74) is 1.92. The van der Waals surface area contributed by atoms with Gasteiger partial charge in [0.05, 0.1) is 30.9 Å². The Morgan fingerprint density at radius 2 is 1.76 bits per heavy atom. The number of hydrogen-bond acceptors (Lipinski definition) is 5. The maximum Gasteiger partial charge on any atom is 0.239 e. The van der Waals surface area contributed by atoms with Gasteiger partial charge in [-0.3, -0.25) is 14.6 Å². The standard InChI is InChI=1S/C19H26N4O2/c1-16(19(24)23-10-12-25-13-11-23)22-8-6-21(7-9-22)15-18-4-2-17(14-20)3-5-18/h2-5,16H,6-13,15H2,1H3. The zero-order valence-corrected chi connectivity index (χ0v) is 14.9. The maximum absolute atomic E-state index is 12.6. The van der Waals surface area contributed by atoms with Gasteiger partial charge in [0.25, 0.3) is 0 Å². The molecule has 1 aromatic rings. The van der Waals surface area contributed by atoms with Crippen LogP contribution < -0.4 is 0 Å². The fourth-order valence-electron chi connectivity index (χ4n) is 3.46. The smallest absolute Gasteiger partial charge is 0.239 e. The fraction of sp³-hybridized carbons (Fsp3) is 0.579. The molecule has 0 N–H and O–H groups in total. The Balaban J connectivity index is 1.47. The molecule has 0 bridgehead atoms. The first-order valence-corrected chi connectivity index (χ1v) is 8.99. The number of nitrogens with zero attached hydrogens (tertiary/aromatic N) is 4. The molecular formula is C19H26N4O2. The molecule has 1 amide bonds. The molecule has 2 saturated heterocycles. The zero-order valence-electron chi connectivity index (χ0n) is 14.9. The van der Waals surface area contributed by atoms with Crippen LogP contribution in [0, 0.1) is 11.3 Å². The number of benzene rings is 1. The van der Waals surface area contributed by atoms with Crippen molar-refractivity contribution in [1.29, 1.82) is 5.26 Å². The molecule has 1 atom stereocenters. The van der Waals surface area contributed by atoms with Gasteiger partial charge in [-0.15, -0.1) is 0 Å². The lowest BCUT2D eigenvalue weighted by atomic mass is 10.1. The number of amides is 1. The molecule has 0 aliphatic carbocycles. The third-order valence-electron chi connectivity index (χ3n) is 5.12. The van der Waals surface area contributed by atoms with Crippen LogP contribution in [0.25, 0.3) is 0 Å². The number of carbonyl (C=O) groups is 1. The Bertz CT molecular complexity index is 611. The van der Waals surface area contributed by atoms with E-state index in [0.29, 0.717) is 31.9 Å². The summed E-state index contributed by atoms with van der Waals surface area (Å²) >= 11 is 0. The van der Waals surface area contributed by atoms with Crippen molar-refractivity contribution in [1.82, 2.24) is 14.7 Å². The molecule has 3 rings (SSSR count). The van der Waals surface area contributed by atoms with Gasteiger partial charge in [-0.2, -0.15) is 5.26 Å². The van der Waals surface area contributed by atoms with E-state index < -0.39 is 0 Å². The number of ether oxygens (including phenoxy) is 1. The molecule has 0 radical (unpaired) electrons. The first-order valence-electron chi connectivity index (χ1n) is 8.99. The Labute approximate surface area is 149 Å². The quantitative estimate of drug-likeness (QED) is 0.814. The number of piperazine rings is 1. The van der Waals surface area contributed by atoms with Crippen LogP contribution >= 0.6 is 0 Å². The topological polar surface area (TPSA) is 59.8 Å². The van der Waals surface area contributed by atoms with Gasteiger partial charge >= 0.3 is 0 Å². The lowest BCUT2D eigenvalue weighted by Crippen LogP contribution is -2.55. The summed E-state index contributed by atoms with van der Waals surface area (Å²) in [5.74, 6) is 0.226. The van der Waals surface area contributed by atoms with Crippen LogP contribution in [0.15, 0.2) is 24.3 Å². The molecule has 6 nitrogen and oxygen atoms in total. The van der Waals surface area contributed by atoms with Gasteiger partial charge in [-0.1, -0.05) is 12.1 Å². The van der Waals surface area contributed by atoms with Crippen LogP contribution in [0.2, 0.25) is 0 Å². The number of morpholine rings is 1. The van der Waals surface area contributed by atoms with E-state index in [-0.39, 0.29) is 11.9 Å². The molecule has 2 heterocycles. The van der Waals surface area contributed by atoms with E-state index in [9.17, 15) is 4.79 Å². The molecule has 0 aromatic heterocycles. The van der Waals surface area contributed by atoms with Gasteiger partial charge in [0.2, 0.25) is 5.91 Å². The molecule has 134 valence electrons. The van der Waals surface area contributed by atoms with E-state index >= 15 is 0 Å². The average molecular weight is 342 g/mol. The van der Waals surface area contributed by atoms with Crippen LogP contribution in [0.5, 0.6) is 0 Å². The summed E-state index contributed by atoms with van der Waals surface area (Å²) < 4.78 is 5.33. The van der Waals surface area contributed by atoms with Crippen LogP contribution in [0.4, 0.5) is 0 Å². The minimum absolute atomic E-state index is 0.0600. The lowest BCUT2D eigenvalue weighted by Gasteiger charge is -2.39. The molecule has 2 aliphatic heterocycles. The zero-order chi connectivity index (χ0) is 17.6. The van der Waals surface area contributed by atoms with E-state index in [1.54, 1.807) is 0 Å². The van der Waals surface area contributed by atoms with Gasteiger partial charge in [0, 0.05) is 45.8 Å². The molecule has 1 unspecified atom stereocenters. The highest BCUT2D eigenvalue weighted by molar-refractivity contribution is 5.81. The molecule has 25 heavy (non-hydrogen) atoms. The molecule has 6 heteroatoms. The largest absolute Gasteiger partial charge is 0.378 e. The minimum Gasteiger partial charge on any atom is -0.378 e. The van der Waals surface area contributed by atoms with Crippen LogP contribution in [0.1, 0.15) is 18.1 Å². The highest BCUT2D eigenvalue weighted by atomic mass is 16.5. The van der Waals surface area contributed by atoms with Crippen molar-refractivity contribution in [2.24, 2.45) is 0 Å². The van der Waals surface area contributed by atoms with Crippen LogP contribution in [-0.4, -0.2) is 79.1 Å². The second-order valence-electron chi connectivity index (χ2n) is 6.73. The molecular weight excluding hydrogens is 316 g/mol. The van der Waals surface area contributed by atoms with Gasteiger partial charge in [0.15, 0.2) is 0 Å². The first-order chi connectivity index (χ1) is 12.2. The van der Waals surface area contributed by atoms with E-state index in [4.69, 9.17) is 10.00 Å². The second kappa shape index (κ2) is 8.43. The molecule has 2 aliphatic rings. The van der Waals surface area contributed by atoms with Gasteiger partial charge in [-0.05, 0) is 24.6 Å². The summed E-state index contributed by atoms with van der Waals surface area (Å²) in [6.45, 7) is 9.37. The molecule has 2 fully saturated rings. The predicted molar refractivity (Wildman–Crippen MR) is 94.9 cm³/mol. The minimum atomic E-state index is -0.0600. The van der Waals surface area contributed by atoms with Crippen molar-refractivity contribution in [3.8, 4) is 6.07 Å². The number of hydrogen-bond donors (Lipinski definition) is 0. The van der Waals surface area contributed by atoms with Crippen LogP contribution in [0.3, 0.4) is 0 Å². The fourth-order valence-corrected chi connectivity index (χ4v) is 3.46. The van der Waals surface area contributed by atoms with Crippen LogP contribution in [-0.2, 0) is 16.1 Å². The highest BCUT2D eigenvalue weighted by Gasteiger charge is 2.29. The van der Waals surface area contributed by atoms with Crippen molar-refractivity contribution in [3.05, 3.63) is 35.4 Å². The number of nitriles is 1. The van der Waals surface area contributed by atoms with E-state index in [2.05, 4.69) is 15.9 Å². The monoisotopic (exact) mass is 342 g/mol. The van der Waals surface area contributed by atoms with Gasteiger partial charge in [-0.25, -0.2) is 0 Å². The second-order valence-corrected chi connectivity index (χ2v) is 6.73. The maximum atomic E-state index is 12.6. The van der Waals surface area contributed by atoms with Crippen molar-refractivity contribution in [2.75, 3.05) is 52.5 Å². The summed E-state index contributed by atoms with van der Waals surface area (Å²) in [7, 11) is 0. The predicted octanol–water partition coefficient (Wildman–Crippen LogP) is 0.923. The molecule has 0 spiro atoms. The molecule has 1 aromatic carbocycles. The number of rotatable bonds is 4. The summed E-state index contributed by atoms with van der Waals surface area (Å²) in [5, 5.41) is 8.87. The van der Waals surface area contributed by atoms with E-state index in [1.807, 2.05) is 36.1 Å². The Morgan fingerprint density at radius 1 is 1.12 bits per heavy atom. The SMILES string of the molecule is CC(C(=O)N1CCOCC1)N1CCN(Cc2ccc(C#N)cc2)CC1. The Hall–Kier alpha value is -1.94. The Kier molecular flexibility index (Phi) is 6.03. The van der Waals surface area contributed by atoms with Crippen molar-refractivity contribution < 1.29 is 9.53 Å². The number of carbonyl (C=O) groups excluding carboxylic acids is 1. The Morgan fingerprint density at radius 3 is 2.36 bits per heavy atom. The summed E-state index contributed by atoms with van der Waals surface area (Å²) in [6, 6.07) is 9.88. The normalized spacial score (nSPS) is 20.9. The lowest BCUT2D eigenvalue weighted by molar-refractivity contribution is -0.141. The first kappa shape index (κ1) is 17.9. The van der Waals surface area contributed by atoms with Gasteiger partial charge < -0.3 is 9.64 Å². The average Bonchev–Trinajstić information content (AvgIpc) is 2.69. The summed E-state index contributed by atoms with van der Waals surface area (Å²) in [4.78, 5) is 19.2. The van der Waals surface area contributed by atoms with Gasteiger partial charge in [0.1, 0.15) is 0 Å². The third-order valence-corrected chi connectivity index (χ3v) is 5.12. The van der Waals surface area contributed by atoms with E-state index in [1.165, 1.54) is 5.56 Å². The van der Waals surface area contributed by atoms with Crippen molar-refractivity contribution >= 4 is 5.91 Å². The summed E-state index contributed by atoms with van der Waals surface area (Å²) in [6.07, 6.45) is 0. The van der Waals surface area contributed by atoms with E-state index in [0.717, 1.165) is 32.7 Å².